The molecule has 1 heterocycles. The molecular weight excluding hydrogens is 370 g/mol. The summed E-state index contributed by atoms with van der Waals surface area (Å²) in [4.78, 5) is 1.35. The lowest BCUT2D eigenvalue weighted by Gasteiger charge is -2.31. The highest BCUT2D eigenvalue weighted by Crippen LogP contribution is 2.32. The van der Waals surface area contributed by atoms with Crippen LogP contribution >= 0.6 is 11.6 Å². The van der Waals surface area contributed by atoms with Crippen LogP contribution in [0.15, 0.2) is 59.5 Å². The van der Waals surface area contributed by atoms with E-state index in [1.807, 2.05) is 0 Å². The van der Waals surface area contributed by atoms with Crippen LogP contribution in [0.25, 0.3) is 0 Å². The Morgan fingerprint density at radius 2 is 1.73 bits per heavy atom. The minimum Gasteiger partial charge on any atom is -0.487 e. The van der Waals surface area contributed by atoms with Crippen molar-refractivity contribution < 1.29 is 22.3 Å². The molecule has 0 aromatic heterocycles. The normalized spacial score (nSPS) is 17.0. The second-order valence-corrected chi connectivity index (χ2v) is 6.16. The van der Waals surface area contributed by atoms with Crippen LogP contribution in [0.5, 0.6) is 0 Å². The van der Waals surface area contributed by atoms with Crippen LogP contribution in [0.1, 0.15) is 12.5 Å². The number of rotatable bonds is 4. The Balaban J connectivity index is 1.79. The molecule has 0 bridgehead atoms. The van der Waals surface area contributed by atoms with Gasteiger partial charge in [-0.2, -0.15) is 0 Å². The fourth-order valence-corrected chi connectivity index (χ4v) is 2.82. The van der Waals surface area contributed by atoms with Gasteiger partial charge in [-0.25, -0.2) is 17.6 Å². The number of anilines is 1. The smallest absolute Gasteiger partial charge is 0.149 e. The summed E-state index contributed by atoms with van der Waals surface area (Å²) in [6, 6.07) is 6.28. The van der Waals surface area contributed by atoms with Gasteiger partial charge in [0.05, 0.1) is 11.1 Å². The minimum atomic E-state index is -0.732. The molecule has 3 rings (SSSR count). The van der Waals surface area contributed by atoms with Gasteiger partial charge in [0.15, 0.2) is 0 Å². The summed E-state index contributed by atoms with van der Waals surface area (Å²) in [5.74, 6) is -2.61. The number of hydrogen-bond acceptors (Lipinski definition) is 2. The van der Waals surface area contributed by atoms with E-state index in [9.17, 15) is 17.6 Å². The molecular formula is C19H14ClF4NO. The van der Waals surface area contributed by atoms with E-state index in [0.717, 1.165) is 24.3 Å². The number of ether oxygens (including phenoxy) is 1. The van der Waals surface area contributed by atoms with E-state index in [-0.39, 0.29) is 28.6 Å². The van der Waals surface area contributed by atoms with Crippen molar-refractivity contribution in [2.45, 2.75) is 19.6 Å². The van der Waals surface area contributed by atoms with E-state index in [1.54, 1.807) is 13.0 Å². The van der Waals surface area contributed by atoms with Crippen molar-refractivity contribution in [3.8, 4) is 0 Å². The molecule has 2 aromatic carbocycles. The third-order valence-electron chi connectivity index (χ3n) is 3.91. The van der Waals surface area contributed by atoms with Gasteiger partial charge in [-0.15, -0.1) is 0 Å². The molecule has 7 heteroatoms. The molecule has 2 aromatic rings. The van der Waals surface area contributed by atoms with Gasteiger partial charge in [0.1, 0.15) is 41.3 Å². The van der Waals surface area contributed by atoms with E-state index in [1.165, 1.54) is 23.2 Å². The first-order valence-electron chi connectivity index (χ1n) is 7.75. The first kappa shape index (κ1) is 18.3. The Labute approximate surface area is 152 Å². The van der Waals surface area contributed by atoms with Crippen molar-refractivity contribution in [3.05, 3.63) is 88.3 Å². The van der Waals surface area contributed by atoms with E-state index < -0.39 is 29.3 Å². The fraction of sp³-hybridized carbons (Fsp3) is 0.158. The standard InChI is InChI=1S/C19H14ClF4NO/c1-11-7-18(26-10-12-5-6-13(21)8-17(12)24)14(20)9-25(11)19-15(22)3-2-4-16(19)23/h2-9,11H,10H2,1H3. The van der Waals surface area contributed by atoms with Crippen molar-refractivity contribution in [1.29, 1.82) is 0 Å². The highest BCUT2D eigenvalue weighted by atomic mass is 35.5. The molecule has 1 atom stereocenters. The molecule has 0 saturated carbocycles. The number of allylic oxidation sites excluding steroid dienone is 1. The summed E-state index contributed by atoms with van der Waals surface area (Å²) >= 11 is 6.16. The first-order chi connectivity index (χ1) is 12.4. The molecule has 0 aliphatic carbocycles. The quantitative estimate of drug-likeness (QED) is 0.634. The van der Waals surface area contributed by atoms with Crippen molar-refractivity contribution in [1.82, 2.24) is 0 Å². The van der Waals surface area contributed by atoms with Crippen LogP contribution in [0, 0.1) is 23.3 Å². The van der Waals surface area contributed by atoms with E-state index >= 15 is 0 Å². The molecule has 26 heavy (non-hydrogen) atoms. The molecule has 1 aliphatic heterocycles. The average molecular weight is 384 g/mol. The summed E-state index contributed by atoms with van der Waals surface area (Å²) < 4.78 is 60.1. The van der Waals surface area contributed by atoms with Gasteiger partial charge in [-0.3, -0.25) is 0 Å². The first-order valence-corrected chi connectivity index (χ1v) is 8.13. The van der Waals surface area contributed by atoms with Crippen LogP contribution in [-0.4, -0.2) is 6.04 Å². The maximum atomic E-state index is 14.0. The third-order valence-corrected chi connectivity index (χ3v) is 4.20. The molecule has 0 saturated heterocycles. The second-order valence-electron chi connectivity index (χ2n) is 5.75. The van der Waals surface area contributed by atoms with E-state index in [0.29, 0.717) is 0 Å². The highest BCUT2D eigenvalue weighted by molar-refractivity contribution is 6.32. The number of hydrogen-bond donors (Lipinski definition) is 0. The van der Waals surface area contributed by atoms with Crippen molar-refractivity contribution >= 4 is 17.3 Å². The molecule has 0 amide bonds. The Morgan fingerprint density at radius 1 is 1.04 bits per heavy atom. The zero-order chi connectivity index (χ0) is 18.8. The largest absolute Gasteiger partial charge is 0.487 e. The second kappa shape index (κ2) is 7.41. The number of benzene rings is 2. The SMILES string of the molecule is CC1C=C(OCc2ccc(F)cc2F)C(Cl)=CN1c1c(F)cccc1F. The average Bonchev–Trinajstić information content (AvgIpc) is 2.57. The zero-order valence-corrected chi connectivity index (χ0v) is 14.4. The lowest BCUT2D eigenvalue weighted by atomic mass is 10.1. The molecule has 136 valence electrons. The summed E-state index contributed by atoms with van der Waals surface area (Å²) in [6.45, 7) is 1.54. The van der Waals surface area contributed by atoms with Gasteiger partial charge in [0.25, 0.3) is 0 Å². The summed E-state index contributed by atoms with van der Waals surface area (Å²) in [5, 5.41) is 0.105. The van der Waals surface area contributed by atoms with Gasteiger partial charge < -0.3 is 9.64 Å². The third kappa shape index (κ3) is 3.70. The monoisotopic (exact) mass is 383 g/mol. The predicted molar refractivity (Wildman–Crippen MR) is 91.5 cm³/mol. The molecule has 0 spiro atoms. The predicted octanol–water partition coefficient (Wildman–Crippen LogP) is 5.63. The molecule has 1 unspecified atom stereocenters. The van der Waals surface area contributed by atoms with Crippen molar-refractivity contribution in [2.75, 3.05) is 4.90 Å². The van der Waals surface area contributed by atoms with Crippen LogP contribution in [0.2, 0.25) is 0 Å². The van der Waals surface area contributed by atoms with Crippen LogP contribution in [0.3, 0.4) is 0 Å². The Bertz CT molecular complexity index is 877. The van der Waals surface area contributed by atoms with Crippen molar-refractivity contribution in [3.63, 3.8) is 0 Å². The van der Waals surface area contributed by atoms with Gasteiger partial charge in [-0.1, -0.05) is 17.7 Å². The zero-order valence-electron chi connectivity index (χ0n) is 13.6. The molecule has 2 nitrogen and oxygen atoms in total. The lowest BCUT2D eigenvalue weighted by molar-refractivity contribution is 0.202. The summed E-state index contributed by atoms with van der Waals surface area (Å²) in [7, 11) is 0. The minimum absolute atomic E-state index is 0.105. The molecule has 0 radical (unpaired) electrons. The summed E-state index contributed by atoms with van der Waals surface area (Å²) in [5.41, 5.74) is -0.0648. The molecule has 1 aliphatic rings. The van der Waals surface area contributed by atoms with E-state index in [4.69, 9.17) is 16.3 Å². The summed E-state index contributed by atoms with van der Waals surface area (Å²) in [6.07, 6.45) is 2.92. The van der Waals surface area contributed by atoms with Crippen molar-refractivity contribution in [2.24, 2.45) is 0 Å². The van der Waals surface area contributed by atoms with Crippen LogP contribution in [0.4, 0.5) is 23.2 Å². The Kier molecular flexibility index (Phi) is 5.23. The molecule has 0 fully saturated rings. The van der Waals surface area contributed by atoms with Gasteiger partial charge >= 0.3 is 0 Å². The van der Waals surface area contributed by atoms with E-state index in [2.05, 4.69) is 0 Å². The number of halogens is 5. The lowest BCUT2D eigenvalue weighted by Crippen LogP contribution is -2.31. The maximum Gasteiger partial charge on any atom is 0.149 e. The topological polar surface area (TPSA) is 12.5 Å². The number of para-hydroxylation sites is 1. The van der Waals surface area contributed by atoms with Gasteiger partial charge in [0, 0.05) is 17.8 Å². The number of nitrogens with zero attached hydrogens (tertiary/aromatic N) is 1. The maximum absolute atomic E-state index is 14.0. The van der Waals surface area contributed by atoms with Crippen LogP contribution < -0.4 is 4.90 Å². The highest BCUT2D eigenvalue weighted by Gasteiger charge is 2.25. The van der Waals surface area contributed by atoms with Gasteiger partial charge in [-0.05, 0) is 37.3 Å². The molecule has 0 N–H and O–H groups in total. The van der Waals surface area contributed by atoms with Crippen LogP contribution in [-0.2, 0) is 11.3 Å². The Morgan fingerprint density at radius 3 is 2.38 bits per heavy atom. The Hall–Kier alpha value is -2.47. The van der Waals surface area contributed by atoms with Gasteiger partial charge in [0.2, 0.25) is 0 Å². The fourth-order valence-electron chi connectivity index (χ4n) is 2.60.